The molecule has 5 nitrogen and oxygen atoms in total. The third kappa shape index (κ3) is 3.31. The van der Waals surface area contributed by atoms with Crippen LogP contribution in [-0.2, 0) is 22.4 Å². The molecule has 2 amide bonds. The normalized spacial score (nSPS) is 16.3. The average molecular weight is 333 g/mol. The molecule has 0 bridgehead atoms. The highest BCUT2D eigenvalue weighted by atomic mass is 32.2. The molecule has 0 aliphatic carbocycles. The van der Waals surface area contributed by atoms with Crippen LogP contribution < -0.4 is 11.1 Å². The number of hydrogen-bond acceptors (Lipinski definition) is 5. The van der Waals surface area contributed by atoms with E-state index in [-0.39, 0.29) is 17.6 Å². The number of amides is 2. The summed E-state index contributed by atoms with van der Waals surface area (Å²) in [6.45, 7) is 2.05. The summed E-state index contributed by atoms with van der Waals surface area (Å²) in [7, 11) is 0. The third-order valence-corrected chi connectivity index (χ3v) is 5.43. The van der Waals surface area contributed by atoms with Crippen molar-refractivity contribution in [2.24, 2.45) is 5.73 Å². The molecule has 2 heterocycles. The molecule has 7 heteroatoms. The number of carbonyl (C=O) groups excluding carboxylic acids is 2. The van der Waals surface area contributed by atoms with Gasteiger partial charge in [0.1, 0.15) is 0 Å². The van der Waals surface area contributed by atoms with Gasteiger partial charge in [0.15, 0.2) is 5.13 Å². The first-order valence-corrected chi connectivity index (χ1v) is 8.57. The predicted molar refractivity (Wildman–Crippen MR) is 88.2 cm³/mol. The van der Waals surface area contributed by atoms with Crippen LogP contribution in [0.2, 0.25) is 0 Å². The standard InChI is InChI=1S/C15H15N3O2S2/c1-8-2-3-9-5-12(22-11(9)4-8)14(20)18-15-17-10(7-21-15)6-13(16)19/h2-4,7,12H,5-6H2,1H3,(H2,16,19)(H,17,18,20)/t12-/m0/s1. The molecule has 3 N–H and O–H groups in total. The number of hydrogen-bond donors (Lipinski definition) is 2. The van der Waals surface area contributed by atoms with Gasteiger partial charge in [0.25, 0.3) is 0 Å². The van der Waals surface area contributed by atoms with Crippen LogP contribution in [0.15, 0.2) is 28.5 Å². The van der Waals surface area contributed by atoms with Crippen molar-refractivity contribution in [3.63, 3.8) is 0 Å². The number of nitrogens with one attached hydrogen (secondary N) is 1. The number of aromatic nitrogens is 1. The summed E-state index contributed by atoms with van der Waals surface area (Å²) >= 11 is 2.89. The maximum absolute atomic E-state index is 12.3. The monoisotopic (exact) mass is 333 g/mol. The van der Waals surface area contributed by atoms with Crippen LogP contribution in [0.25, 0.3) is 0 Å². The quantitative estimate of drug-likeness (QED) is 0.897. The molecule has 1 aliphatic rings. The van der Waals surface area contributed by atoms with Gasteiger partial charge in [-0.15, -0.1) is 23.1 Å². The summed E-state index contributed by atoms with van der Waals surface area (Å²) in [5.41, 5.74) is 8.13. The number of benzene rings is 1. The molecule has 0 unspecified atom stereocenters. The van der Waals surface area contributed by atoms with E-state index in [0.717, 1.165) is 6.42 Å². The Hall–Kier alpha value is -1.86. The smallest absolute Gasteiger partial charge is 0.239 e. The van der Waals surface area contributed by atoms with E-state index >= 15 is 0 Å². The van der Waals surface area contributed by atoms with Gasteiger partial charge in [-0.3, -0.25) is 9.59 Å². The van der Waals surface area contributed by atoms with Crippen molar-refractivity contribution in [1.29, 1.82) is 0 Å². The van der Waals surface area contributed by atoms with Gasteiger partial charge in [-0.25, -0.2) is 4.98 Å². The number of rotatable bonds is 4. The first-order valence-electron chi connectivity index (χ1n) is 6.81. The maximum atomic E-state index is 12.3. The van der Waals surface area contributed by atoms with Crippen LogP contribution in [0.1, 0.15) is 16.8 Å². The number of fused-ring (bicyclic) bond motifs is 1. The number of nitrogens with two attached hydrogens (primary N) is 1. The van der Waals surface area contributed by atoms with E-state index < -0.39 is 5.91 Å². The Balaban J connectivity index is 1.64. The molecule has 0 saturated carbocycles. The second-order valence-corrected chi connectivity index (χ2v) is 7.30. The summed E-state index contributed by atoms with van der Waals surface area (Å²) in [6.07, 6.45) is 0.820. The first-order chi connectivity index (χ1) is 10.5. The highest BCUT2D eigenvalue weighted by Crippen LogP contribution is 2.38. The lowest BCUT2D eigenvalue weighted by Crippen LogP contribution is -2.24. The fraction of sp³-hybridized carbons (Fsp3) is 0.267. The number of nitrogens with zero attached hydrogens (tertiary/aromatic N) is 1. The van der Waals surface area contributed by atoms with Crippen LogP contribution in [0.3, 0.4) is 0 Å². The molecule has 0 radical (unpaired) electrons. The second-order valence-electron chi connectivity index (χ2n) is 5.20. The Bertz CT molecular complexity index is 742. The summed E-state index contributed by atoms with van der Waals surface area (Å²) < 4.78 is 0. The number of primary amides is 1. The topological polar surface area (TPSA) is 85.1 Å². The first kappa shape index (κ1) is 15.1. The van der Waals surface area contributed by atoms with Crippen LogP contribution >= 0.6 is 23.1 Å². The van der Waals surface area contributed by atoms with E-state index in [1.165, 1.54) is 27.4 Å². The highest BCUT2D eigenvalue weighted by molar-refractivity contribution is 8.01. The van der Waals surface area contributed by atoms with Crippen molar-refractivity contribution in [2.75, 3.05) is 5.32 Å². The van der Waals surface area contributed by atoms with Crippen LogP contribution in [0.5, 0.6) is 0 Å². The van der Waals surface area contributed by atoms with Gasteiger partial charge in [-0.2, -0.15) is 0 Å². The van der Waals surface area contributed by atoms with Crippen molar-refractivity contribution < 1.29 is 9.59 Å². The van der Waals surface area contributed by atoms with E-state index in [2.05, 4.69) is 28.5 Å². The van der Waals surface area contributed by atoms with E-state index in [1.54, 1.807) is 17.1 Å². The zero-order valence-corrected chi connectivity index (χ0v) is 13.6. The van der Waals surface area contributed by atoms with E-state index in [9.17, 15) is 9.59 Å². The minimum atomic E-state index is -0.430. The molecule has 0 fully saturated rings. The van der Waals surface area contributed by atoms with E-state index in [0.29, 0.717) is 10.8 Å². The Labute approximate surface area is 136 Å². The number of thiazole rings is 1. The Morgan fingerprint density at radius 1 is 1.45 bits per heavy atom. The Morgan fingerprint density at radius 2 is 2.27 bits per heavy atom. The molecule has 114 valence electrons. The van der Waals surface area contributed by atoms with Crippen molar-refractivity contribution in [2.45, 2.75) is 29.9 Å². The van der Waals surface area contributed by atoms with Gasteiger partial charge in [-0.05, 0) is 25.0 Å². The van der Waals surface area contributed by atoms with E-state index in [4.69, 9.17) is 5.73 Å². The van der Waals surface area contributed by atoms with Crippen molar-refractivity contribution in [3.8, 4) is 0 Å². The predicted octanol–water partition coefficient (Wildman–Crippen LogP) is 2.13. The van der Waals surface area contributed by atoms with E-state index in [1.807, 2.05) is 6.92 Å². The lowest BCUT2D eigenvalue weighted by atomic mass is 10.1. The fourth-order valence-corrected chi connectivity index (χ4v) is 4.30. The summed E-state index contributed by atoms with van der Waals surface area (Å²) in [4.78, 5) is 28.6. The molecule has 1 aromatic heterocycles. The van der Waals surface area contributed by atoms with Crippen molar-refractivity contribution >= 4 is 40.0 Å². The molecule has 0 saturated heterocycles. The fourth-order valence-electron chi connectivity index (χ4n) is 2.29. The lowest BCUT2D eigenvalue weighted by Gasteiger charge is -2.07. The molecule has 22 heavy (non-hydrogen) atoms. The Morgan fingerprint density at radius 3 is 3.05 bits per heavy atom. The molecular weight excluding hydrogens is 318 g/mol. The minimum Gasteiger partial charge on any atom is -0.369 e. The SMILES string of the molecule is Cc1ccc2c(c1)S[C@H](C(=O)Nc1nc(CC(N)=O)cs1)C2. The minimum absolute atomic E-state index is 0.0566. The zero-order chi connectivity index (χ0) is 15.7. The molecule has 0 spiro atoms. The third-order valence-electron chi connectivity index (χ3n) is 3.33. The van der Waals surface area contributed by atoms with Crippen molar-refractivity contribution in [3.05, 3.63) is 40.4 Å². The second kappa shape index (κ2) is 6.10. The van der Waals surface area contributed by atoms with Gasteiger partial charge in [0.2, 0.25) is 11.8 Å². The van der Waals surface area contributed by atoms with Gasteiger partial charge in [-0.1, -0.05) is 17.7 Å². The lowest BCUT2D eigenvalue weighted by molar-refractivity contribution is -0.117. The number of anilines is 1. The maximum Gasteiger partial charge on any atom is 0.239 e. The van der Waals surface area contributed by atoms with Crippen LogP contribution in [0.4, 0.5) is 5.13 Å². The van der Waals surface area contributed by atoms with Crippen LogP contribution in [-0.4, -0.2) is 22.0 Å². The number of carbonyl (C=O) groups is 2. The molecular formula is C15H15N3O2S2. The molecule has 1 aliphatic heterocycles. The largest absolute Gasteiger partial charge is 0.369 e. The summed E-state index contributed by atoms with van der Waals surface area (Å²) in [5.74, 6) is -0.487. The van der Waals surface area contributed by atoms with Gasteiger partial charge in [0, 0.05) is 10.3 Å². The number of aryl methyl sites for hydroxylation is 1. The molecule has 3 rings (SSSR count). The van der Waals surface area contributed by atoms with Gasteiger partial charge < -0.3 is 11.1 Å². The van der Waals surface area contributed by atoms with Crippen LogP contribution in [0, 0.1) is 6.92 Å². The van der Waals surface area contributed by atoms with Crippen molar-refractivity contribution in [1.82, 2.24) is 4.98 Å². The molecule has 2 aromatic rings. The summed E-state index contributed by atoms with van der Waals surface area (Å²) in [5, 5.41) is 4.93. The molecule has 1 atom stereocenters. The van der Waals surface area contributed by atoms with Gasteiger partial charge >= 0.3 is 0 Å². The summed E-state index contributed by atoms with van der Waals surface area (Å²) in [6, 6.07) is 6.26. The zero-order valence-electron chi connectivity index (χ0n) is 12.0. The van der Waals surface area contributed by atoms with Gasteiger partial charge in [0.05, 0.1) is 17.4 Å². The average Bonchev–Trinajstić information content (AvgIpc) is 3.04. The Kier molecular flexibility index (Phi) is 4.17. The highest BCUT2D eigenvalue weighted by Gasteiger charge is 2.28. The molecule has 1 aromatic carbocycles. The number of thioether (sulfide) groups is 1.